The molecule has 1 heterocycles. The first kappa shape index (κ1) is 27.9. The Morgan fingerprint density at radius 2 is 1.60 bits per heavy atom. The average molecular weight is 436 g/mol. The van der Waals surface area contributed by atoms with Gasteiger partial charge in [0.15, 0.2) is 0 Å². The smallest absolute Gasteiger partial charge is 0.326 e. The lowest BCUT2D eigenvalue weighted by atomic mass is 9.99. The SMILES string of the molecule is C=C[C@@H]1C[C@H](C(=O)OC(F)CCC)N(CCN)[C@H]1C(=O)OC(F)CCC.CC(N)=O. The number of hydrogen-bond acceptors (Lipinski definition) is 7. The summed E-state index contributed by atoms with van der Waals surface area (Å²) in [5.41, 5.74) is 10.1. The Balaban J connectivity index is 0.00000192. The van der Waals surface area contributed by atoms with E-state index in [0.717, 1.165) is 0 Å². The maximum absolute atomic E-state index is 13.7. The fraction of sp³-hybridized carbons (Fsp3) is 0.750. The fourth-order valence-electron chi connectivity index (χ4n) is 3.14. The number of ether oxygens (including phenoxy) is 2. The molecule has 0 aliphatic carbocycles. The van der Waals surface area contributed by atoms with Gasteiger partial charge < -0.3 is 20.9 Å². The molecular weight excluding hydrogens is 400 g/mol. The number of alkyl halides is 2. The Bertz CT molecular complexity index is 561. The molecule has 1 aliphatic rings. The van der Waals surface area contributed by atoms with Gasteiger partial charge in [-0.2, -0.15) is 0 Å². The minimum atomic E-state index is -1.71. The summed E-state index contributed by atoms with van der Waals surface area (Å²) >= 11 is 0. The van der Waals surface area contributed by atoms with Crippen molar-refractivity contribution < 1.29 is 32.6 Å². The van der Waals surface area contributed by atoms with Crippen LogP contribution in [0.25, 0.3) is 0 Å². The number of halogens is 2. The first-order valence-corrected chi connectivity index (χ1v) is 10.2. The molecule has 0 saturated carbocycles. The number of carbonyl (C=O) groups excluding carboxylic acids is 3. The van der Waals surface area contributed by atoms with Crippen molar-refractivity contribution in [2.75, 3.05) is 13.1 Å². The monoisotopic (exact) mass is 435 g/mol. The van der Waals surface area contributed by atoms with Gasteiger partial charge in [0.2, 0.25) is 18.6 Å². The Morgan fingerprint density at radius 1 is 1.13 bits per heavy atom. The second-order valence-electron chi connectivity index (χ2n) is 7.00. The number of amides is 1. The molecule has 0 spiro atoms. The highest BCUT2D eigenvalue weighted by Gasteiger charge is 2.48. The second kappa shape index (κ2) is 14.8. The van der Waals surface area contributed by atoms with E-state index in [0.29, 0.717) is 12.8 Å². The van der Waals surface area contributed by atoms with E-state index < -0.39 is 42.7 Å². The lowest BCUT2D eigenvalue weighted by Crippen LogP contribution is -2.49. The van der Waals surface area contributed by atoms with Crippen LogP contribution in [0, 0.1) is 5.92 Å². The Labute approximate surface area is 176 Å². The van der Waals surface area contributed by atoms with Crippen molar-refractivity contribution in [1.29, 1.82) is 0 Å². The van der Waals surface area contributed by atoms with Gasteiger partial charge in [-0.05, 0) is 19.3 Å². The lowest BCUT2D eigenvalue weighted by Gasteiger charge is -2.28. The third-order valence-electron chi connectivity index (χ3n) is 4.38. The van der Waals surface area contributed by atoms with Gasteiger partial charge in [-0.1, -0.05) is 19.9 Å². The molecule has 0 aromatic rings. The van der Waals surface area contributed by atoms with E-state index in [2.05, 4.69) is 12.3 Å². The molecule has 30 heavy (non-hydrogen) atoms. The van der Waals surface area contributed by atoms with Crippen LogP contribution in [0.4, 0.5) is 8.78 Å². The van der Waals surface area contributed by atoms with Gasteiger partial charge in [-0.3, -0.25) is 19.3 Å². The van der Waals surface area contributed by atoms with E-state index >= 15 is 0 Å². The molecule has 8 nitrogen and oxygen atoms in total. The fourth-order valence-corrected chi connectivity index (χ4v) is 3.14. The zero-order valence-electron chi connectivity index (χ0n) is 18.0. The van der Waals surface area contributed by atoms with Crippen molar-refractivity contribution in [2.45, 2.75) is 77.7 Å². The molecule has 1 aliphatic heterocycles. The largest absolute Gasteiger partial charge is 0.430 e. The molecule has 10 heteroatoms. The van der Waals surface area contributed by atoms with Crippen LogP contribution in [0.3, 0.4) is 0 Å². The van der Waals surface area contributed by atoms with Gasteiger partial charge >= 0.3 is 11.9 Å². The molecular formula is C20H35F2N3O5. The highest BCUT2D eigenvalue weighted by atomic mass is 19.1. The summed E-state index contributed by atoms with van der Waals surface area (Å²) in [5.74, 6) is -2.30. The van der Waals surface area contributed by atoms with Gasteiger partial charge in [0.1, 0.15) is 12.1 Å². The predicted molar refractivity (Wildman–Crippen MR) is 108 cm³/mol. The normalized spacial score (nSPS) is 22.9. The van der Waals surface area contributed by atoms with E-state index in [1.54, 1.807) is 13.8 Å². The van der Waals surface area contributed by atoms with E-state index in [4.69, 9.17) is 15.2 Å². The topological polar surface area (TPSA) is 125 Å². The number of esters is 2. The van der Waals surface area contributed by atoms with E-state index in [-0.39, 0.29) is 38.3 Å². The van der Waals surface area contributed by atoms with Gasteiger partial charge in [-0.15, -0.1) is 6.58 Å². The first-order chi connectivity index (χ1) is 14.1. The zero-order chi connectivity index (χ0) is 23.3. The van der Waals surface area contributed by atoms with Crippen LogP contribution in [-0.2, 0) is 23.9 Å². The van der Waals surface area contributed by atoms with Crippen LogP contribution in [-0.4, -0.2) is 60.6 Å². The van der Waals surface area contributed by atoms with Crippen LogP contribution >= 0.6 is 0 Å². The predicted octanol–water partition coefficient (Wildman–Crippen LogP) is 1.96. The summed E-state index contributed by atoms with van der Waals surface area (Å²) in [6, 6.07) is -1.74. The summed E-state index contributed by atoms with van der Waals surface area (Å²) in [6.45, 7) is 8.90. The van der Waals surface area contributed by atoms with Gasteiger partial charge in [-0.25, -0.2) is 8.78 Å². The number of rotatable bonds is 11. The van der Waals surface area contributed by atoms with Crippen molar-refractivity contribution in [3.05, 3.63) is 12.7 Å². The lowest BCUT2D eigenvalue weighted by molar-refractivity contribution is -0.169. The van der Waals surface area contributed by atoms with Crippen LogP contribution in [0.1, 0.15) is 52.9 Å². The summed E-state index contributed by atoms with van der Waals surface area (Å²) in [6.07, 6.45) is -0.401. The average Bonchev–Trinajstić information content (AvgIpc) is 3.00. The summed E-state index contributed by atoms with van der Waals surface area (Å²) < 4.78 is 37.1. The molecule has 0 aromatic carbocycles. The van der Waals surface area contributed by atoms with Crippen molar-refractivity contribution >= 4 is 17.8 Å². The first-order valence-electron chi connectivity index (χ1n) is 10.2. The standard InChI is InChI=1S/C18H30F2N2O4.C2H5NO/c1-4-7-14(19)25-17(23)13-11-12(6-3)16(22(13)10-9-21)18(24)26-15(20)8-5-2;1-2(3)4/h6,12-16H,3-5,7-11,21H2,1-2H3;1H3,(H2,3,4)/t12-,13-,14?,15?,16-;/m1./s1. The number of hydrogen-bond donors (Lipinski definition) is 2. The van der Waals surface area contributed by atoms with Crippen molar-refractivity contribution in [1.82, 2.24) is 4.90 Å². The van der Waals surface area contributed by atoms with E-state index in [9.17, 15) is 23.2 Å². The molecule has 4 N–H and O–H groups in total. The summed E-state index contributed by atoms with van der Waals surface area (Å²) in [5, 5.41) is 0. The molecule has 174 valence electrons. The molecule has 5 atom stereocenters. The third-order valence-corrected chi connectivity index (χ3v) is 4.38. The summed E-state index contributed by atoms with van der Waals surface area (Å²) in [4.78, 5) is 35.6. The van der Waals surface area contributed by atoms with Gasteiger partial charge in [0.05, 0.1) is 0 Å². The highest BCUT2D eigenvalue weighted by molar-refractivity contribution is 5.82. The number of primary amides is 1. The van der Waals surface area contributed by atoms with Gasteiger partial charge in [0, 0.05) is 38.8 Å². The Kier molecular flexibility index (Phi) is 13.8. The quantitative estimate of drug-likeness (QED) is 0.375. The number of nitrogens with zero attached hydrogens (tertiary/aromatic N) is 1. The maximum Gasteiger partial charge on any atom is 0.326 e. The highest BCUT2D eigenvalue weighted by Crippen LogP contribution is 2.33. The molecule has 1 fully saturated rings. The number of nitrogens with two attached hydrogens (primary N) is 2. The van der Waals surface area contributed by atoms with Crippen LogP contribution in [0.2, 0.25) is 0 Å². The van der Waals surface area contributed by atoms with Crippen molar-refractivity contribution in [3.8, 4) is 0 Å². The van der Waals surface area contributed by atoms with E-state index in [1.165, 1.54) is 17.9 Å². The Hall–Kier alpha value is -2.07. The molecule has 0 radical (unpaired) electrons. The molecule has 0 bridgehead atoms. The van der Waals surface area contributed by atoms with Gasteiger partial charge in [0.25, 0.3) is 0 Å². The maximum atomic E-state index is 13.7. The van der Waals surface area contributed by atoms with Crippen molar-refractivity contribution in [3.63, 3.8) is 0 Å². The zero-order valence-corrected chi connectivity index (χ0v) is 18.0. The van der Waals surface area contributed by atoms with Crippen LogP contribution in [0.5, 0.6) is 0 Å². The van der Waals surface area contributed by atoms with Crippen molar-refractivity contribution in [2.24, 2.45) is 17.4 Å². The van der Waals surface area contributed by atoms with Crippen LogP contribution < -0.4 is 11.5 Å². The van der Waals surface area contributed by atoms with E-state index in [1.807, 2.05) is 0 Å². The second-order valence-corrected chi connectivity index (χ2v) is 7.00. The molecule has 2 unspecified atom stereocenters. The number of carbonyl (C=O) groups is 3. The summed E-state index contributed by atoms with van der Waals surface area (Å²) in [7, 11) is 0. The molecule has 1 rings (SSSR count). The molecule has 0 aromatic heterocycles. The molecule has 1 amide bonds. The molecule has 1 saturated heterocycles. The third kappa shape index (κ3) is 9.62. The minimum absolute atomic E-state index is 0.0973. The minimum Gasteiger partial charge on any atom is -0.430 e. The van der Waals surface area contributed by atoms with Crippen LogP contribution in [0.15, 0.2) is 12.7 Å². The number of likely N-dealkylation sites (tertiary alicyclic amines) is 1. The Morgan fingerprint density at radius 3 is 2.00 bits per heavy atom.